The van der Waals surface area contributed by atoms with Gasteiger partial charge in [0.25, 0.3) is 0 Å². The zero-order chi connectivity index (χ0) is 13.8. The fourth-order valence-electron chi connectivity index (χ4n) is 2.81. The first kappa shape index (κ1) is 13.4. The lowest BCUT2D eigenvalue weighted by molar-refractivity contribution is 0.114. The number of nitrogens with zero attached hydrogens (tertiary/aromatic N) is 2. The van der Waals surface area contributed by atoms with Crippen molar-refractivity contribution in [2.24, 2.45) is 10.7 Å². The number of aliphatic imine (C=N–C) groups is 1. The Labute approximate surface area is 118 Å². The van der Waals surface area contributed by atoms with Crippen LogP contribution in [0.15, 0.2) is 9.52 Å². The summed E-state index contributed by atoms with van der Waals surface area (Å²) < 4.78 is 10.9. The van der Waals surface area contributed by atoms with Crippen molar-refractivity contribution in [1.29, 1.82) is 0 Å². The second-order valence-corrected chi connectivity index (χ2v) is 5.46. The highest BCUT2D eigenvalue weighted by Gasteiger charge is 2.19. The zero-order valence-corrected chi connectivity index (χ0v) is 11.7. The van der Waals surface area contributed by atoms with Crippen LogP contribution in [0.2, 0.25) is 0 Å². The molecule has 1 fully saturated rings. The number of aryl methyl sites for hydroxylation is 1. The Morgan fingerprint density at radius 1 is 1.35 bits per heavy atom. The fourth-order valence-corrected chi connectivity index (χ4v) is 2.81. The van der Waals surface area contributed by atoms with E-state index in [-0.39, 0.29) is 6.10 Å². The molecule has 6 heteroatoms. The lowest BCUT2D eigenvalue weighted by Gasteiger charge is -2.11. The van der Waals surface area contributed by atoms with E-state index in [4.69, 9.17) is 15.0 Å². The topological polar surface area (TPSA) is 85.7 Å². The summed E-state index contributed by atoms with van der Waals surface area (Å²) >= 11 is 0. The number of ether oxygens (including phenoxy) is 1. The molecule has 0 aromatic carbocycles. The second-order valence-electron chi connectivity index (χ2n) is 5.46. The third-order valence-corrected chi connectivity index (χ3v) is 3.97. The Balaban J connectivity index is 1.52. The number of aromatic nitrogens is 1. The van der Waals surface area contributed by atoms with Crippen LogP contribution in [0.1, 0.15) is 42.7 Å². The standard InChI is InChI=1S/C14H22N4O2/c15-14(16-8-10-4-3-7-19-10)17-9-12-11-5-1-2-6-13(11)20-18-12/h10H,1-9H2,(H3,15,16,17). The van der Waals surface area contributed by atoms with Gasteiger partial charge >= 0.3 is 0 Å². The number of nitrogens with one attached hydrogen (secondary N) is 1. The minimum absolute atomic E-state index is 0.267. The van der Waals surface area contributed by atoms with Gasteiger partial charge in [0, 0.05) is 25.1 Å². The van der Waals surface area contributed by atoms with Crippen LogP contribution in [0.25, 0.3) is 0 Å². The van der Waals surface area contributed by atoms with E-state index in [1.54, 1.807) is 0 Å². The highest BCUT2D eigenvalue weighted by molar-refractivity contribution is 5.77. The van der Waals surface area contributed by atoms with Crippen LogP contribution in [-0.2, 0) is 24.1 Å². The number of hydrogen-bond donors (Lipinski definition) is 2. The summed E-state index contributed by atoms with van der Waals surface area (Å²) in [6.45, 7) is 2.07. The van der Waals surface area contributed by atoms with Crippen molar-refractivity contribution in [1.82, 2.24) is 10.5 Å². The summed E-state index contributed by atoms with van der Waals surface area (Å²) in [6.07, 6.45) is 6.94. The first-order chi connectivity index (χ1) is 9.83. The van der Waals surface area contributed by atoms with Gasteiger partial charge in [0.1, 0.15) is 11.5 Å². The third kappa shape index (κ3) is 3.12. The molecule has 1 atom stereocenters. The average Bonchev–Trinajstić information content (AvgIpc) is 3.12. The van der Waals surface area contributed by atoms with Gasteiger partial charge in [-0.3, -0.25) is 0 Å². The predicted molar refractivity (Wildman–Crippen MR) is 75.4 cm³/mol. The largest absolute Gasteiger partial charge is 0.376 e. The maximum atomic E-state index is 5.87. The zero-order valence-electron chi connectivity index (χ0n) is 11.7. The molecule has 110 valence electrons. The van der Waals surface area contributed by atoms with Gasteiger partial charge in [-0.05, 0) is 32.1 Å². The smallest absolute Gasteiger partial charge is 0.189 e. The fraction of sp³-hybridized carbons (Fsp3) is 0.714. The molecule has 2 heterocycles. The maximum absolute atomic E-state index is 5.87. The Kier molecular flexibility index (Phi) is 4.20. The van der Waals surface area contributed by atoms with Crippen molar-refractivity contribution in [3.05, 3.63) is 17.0 Å². The molecule has 0 amide bonds. The molecular formula is C14H22N4O2. The maximum Gasteiger partial charge on any atom is 0.189 e. The van der Waals surface area contributed by atoms with Gasteiger partial charge < -0.3 is 20.3 Å². The second kappa shape index (κ2) is 6.26. The molecular weight excluding hydrogens is 256 g/mol. The van der Waals surface area contributed by atoms with Gasteiger partial charge in [0.15, 0.2) is 5.96 Å². The predicted octanol–water partition coefficient (Wildman–Crippen LogP) is 1.14. The molecule has 1 unspecified atom stereocenters. The molecule has 1 aliphatic carbocycles. The summed E-state index contributed by atoms with van der Waals surface area (Å²) in [5.41, 5.74) is 8.04. The molecule has 3 rings (SSSR count). The van der Waals surface area contributed by atoms with Crippen molar-refractivity contribution in [2.45, 2.75) is 51.2 Å². The van der Waals surface area contributed by atoms with Gasteiger partial charge in [-0.25, -0.2) is 4.99 Å². The van der Waals surface area contributed by atoms with Crippen molar-refractivity contribution in [2.75, 3.05) is 13.2 Å². The minimum atomic E-state index is 0.267. The van der Waals surface area contributed by atoms with Crippen molar-refractivity contribution in [3.8, 4) is 0 Å². The summed E-state index contributed by atoms with van der Waals surface area (Å²) in [5, 5.41) is 7.23. The molecule has 3 N–H and O–H groups in total. The molecule has 6 nitrogen and oxygen atoms in total. The van der Waals surface area contributed by atoms with E-state index in [2.05, 4.69) is 15.5 Å². The monoisotopic (exact) mass is 278 g/mol. The number of hydrogen-bond acceptors (Lipinski definition) is 4. The SMILES string of the molecule is NC(=NCc1noc2c1CCCC2)NCC1CCCO1. The van der Waals surface area contributed by atoms with E-state index in [0.717, 1.165) is 50.3 Å². The Hall–Kier alpha value is -1.56. The molecule has 0 radical (unpaired) electrons. The Morgan fingerprint density at radius 3 is 3.10 bits per heavy atom. The highest BCUT2D eigenvalue weighted by Crippen LogP contribution is 2.24. The molecule has 0 bridgehead atoms. The summed E-state index contributed by atoms with van der Waals surface area (Å²) in [7, 11) is 0. The van der Waals surface area contributed by atoms with Crippen LogP contribution in [-0.4, -0.2) is 30.4 Å². The van der Waals surface area contributed by atoms with Crippen LogP contribution in [0.3, 0.4) is 0 Å². The molecule has 1 aliphatic heterocycles. The van der Waals surface area contributed by atoms with E-state index in [1.807, 2.05) is 0 Å². The number of fused-ring (bicyclic) bond motifs is 1. The van der Waals surface area contributed by atoms with Crippen LogP contribution >= 0.6 is 0 Å². The van der Waals surface area contributed by atoms with Crippen molar-refractivity contribution < 1.29 is 9.26 Å². The Bertz CT molecular complexity index is 478. The third-order valence-electron chi connectivity index (χ3n) is 3.97. The number of rotatable bonds is 4. The van der Waals surface area contributed by atoms with Gasteiger partial charge in [-0.1, -0.05) is 5.16 Å². The van der Waals surface area contributed by atoms with Crippen molar-refractivity contribution >= 4 is 5.96 Å². The summed E-state index contributed by atoms with van der Waals surface area (Å²) in [6, 6.07) is 0. The van der Waals surface area contributed by atoms with E-state index < -0.39 is 0 Å². The van der Waals surface area contributed by atoms with E-state index in [0.29, 0.717) is 12.5 Å². The molecule has 0 saturated carbocycles. The first-order valence-electron chi connectivity index (χ1n) is 7.44. The Morgan fingerprint density at radius 2 is 2.25 bits per heavy atom. The number of nitrogens with two attached hydrogens (primary N) is 1. The van der Waals surface area contributed by atoms with E-state index >= 15 is 0 Å². The summed E-state index contributed by atoms with van der Waals surface area (Å²) in [5.74, 6) is 1.49. The van der Waals surface area contributed by atoms with Crippen LogP contribution in [0.4, 0.5) is 0 Å². The lowest BCUT2D eigenvalue weighted by Crippen LogP contribution is -2.37. The normalized spacial score (nSPS) is 22.8. The summed E-state index contributed by atoms with van der Waals surface area (Å²) in [4.78, 5) is 4.34. The molecule has 1 aromatic heterocycles. The molecule has 1 saturated heterocycles. The van der Waals surface area contributed by atoms with Gasteiger partial charge in [-0.2, -0.15) is 0 Å². The molecule has 2 aliphatic rings. The first-order valence-corrected chi connectivity index (χ1v) is 7.44. The van der Waals surface area contributed by atoms with Gasteiger partial charge in [-0.15, -0.1) is 0 Å². The van der Waals surface area contributed by atoms with E-state index in [9.17, 15) is 0 Å². The van der Waals surface area contributed by atoms with Crippen LogP contribution in [0.5, 0.6) is 0 Å². The number of guanidine groups is 1. The van der Waals surface area contributed by atoms with Crippen LogP contribution in [0, 0.1) is 0 Å². The lowest BCUT2D eigenvalue weighted by atomic mass is 9.96. The van der Waals surface area contributed by atoms with E-state index in [1.165, 1.54) is 18.4 Å². The molecule has 1 aromatic rings. The van der Waals surface area contributed by atoms with Gasteiger partial charge in [0.2, 0.25) is 0 Å². The minimum Gasteiger partial charge on any atom is -0.376 e. The molecule has 0 spiro atoms. The quantitative estimate of drug-likeness (QED) is 0.637. The average molecular weight is 278 g/mol. The highest BCUT2D eigenvalue weighted by atomic mass is 16.5. The van der Waals surface area contributed by atoms with Gasteiger partial charge in [0.05, 0.1) is 12.6 Å². The van der Waals surface area contributed by atoms with Crippen LogP contribution < -0.4 is 11.1 Å². The molecule has 20 heavy (non-hydrogen) atoms. The van der Waals surface area contributed by atoms with Crippen molar-refractivity contribution in [3.63, 3.8) is 0 Å².